The zero-order valence-corrected chi connectivity index (χ0v) is 27.2. The van der Waals surface area contributed by atoms with Gasteiger partial charge in [0.15, 0.2) is 0 Å². The standard InChI is InChI=1S/C30H37N7O5S.ClH/c1-19-9-7-10-20(2)27(19)25-14-26(42-18-22(15-30(3,4)5)31-16-23-17-37(6)36-34-23)33-29(32-25)35-43(40,41)24-12-8-11-21(13-24)28(38)39;/h7-14,17,22,31H,15-16,18H2,1-6H3,(H,38,39)(H,32,33,35);1H/t22-;/m1./s1. The van der Waals surface area contributed by atoms with E-state index in [4.69, 9.17) is 4.74 Å². The summed E-state index contributed by atoms with van der Waals surface area (Å²) < 4.78 is 36.8. The molecule has 0 spiro atoms. The van der Waals surface area contributed by atoms with Crippen molar-refractivity contribution in [1.29, 1.82) is 0 Å². The molecule has 1 atom stereocenters. The molecule has 3 N–H and O–H groups in total. The van der Waals surface area contributed by atoms with Crippen LogP contribution in [0.3, 0.4) is 0 Å². The summed E-state index contributed by atoms with van der Waals surface area (Å²) in [5, 5.41) is 20.9. The van der Waals surface area contributed by atoms with Crippen molar-refractivity contribution in [3.05, 3.63) is 77.1 Å². The van der Waals surface area contributed by atoms with Gasteiger partial charge in [-0.05, 0) is 55.0 Å². The predicted molar refractivity (Wildman–Crippen MR) is 170 cm³/mol. The minimum atomic E-state index is -4.22. The third kappa shape index (κ3) is 9.21. The van der Waals surface area contributed by atoms with Crippen LogP contribution in [0, 0.1) is 19.3 Å². The molecular weight excluding hydrogens is 606 g/mol. The first kappa shape index (κ1) is 34.4. The van der Waals surface area contributed by atoms with Crippen molar-refractivity contribution in [1.82, 2.24) is 30.3 Å². The fourth-order valence-electron chi connectivity index (χ4n) is 4.71. The van der Waals surface area contributed by atoms with Crippen molar-refractivity contribution in [2.45, 2.75) is 58.5 Å². The van der Waals surface area contributed by atoms with Gasteiger partial charge in [0.05, 0.1) is 21.8 Å². The number of carboxylic acids is 1. The highest BCUT2D eigenvalue weighted by Gasteiger charge is 2.22. The van der Waals surface area contributed by atoms with Crippen molar-refractivity contribution >= 4 is 34.3 Å². The van der Waals surface area contributed by atoms with Crippen molar-refractivity contribution in [2.24, 2.45) is 12.5 Å². The maximum Gasteiger partial charge on any atom is 0.335 e. The van der Waals surface area contributed by atoms with Gasteiger partial charge in [-0.15, -0.1) is 17.5 Å². The zero-order valence-electron chi connectivity index (χ0n) is 25.5. The number of rotatable bonds is 12. The second-order valence-corrected chi connectivity index (χ2v) is 13.3. The van der Waals surface area contributed by atoms with E-state index in [0.29, 0.717) is 12.2 Å². The van der Waals surface area contributed by atoms with E-state index in [1.54, 1.807) is 10.7 Å². The number of aromatic nitrogens is 5. The number of aromatic carboxylic acids is 1. The lowest BCUT2D eigenvalue weighted by Crippen LogP contribution is -2.37. The second kappa shape index (κ2) is 14.1. The number of aryl methyl sites for hydroxylation is 3. The Morgan fingerprint density at radius 3 is 2.36 bits per heavy atom. The number of hydrogen-bond donors (Lipinski definition) is 3. The molecule has 0 amide bonds. The molecule has 12 nitrogen and oxygen atoms in total. The lowest BCUT2D eigenvalue weighted by Gasteiger charge is -2.26. The molecule has 0 unspecified atom stereocenters. The molecule has 0 saturated carbocycles. The second-order valence-electron chi connectivity index (χ2n) is 11.7. The molecule has 0 saturated heterocycles. The van der Waals surface area contributed by atoms with E-state index in [-0.39, 0.29) is 52.8 Å². The van der Waals surface area contributed by atoms with Gasteiger partial charge in [-0.3, -0.25) is 4.68 Å². The van der Waals surface area contributed by atoms with Gasteiger partial charge in [0.1, 0.15) is 6.61 Å². The molecule has 2 aromatic heterocycles. The molecular formula is C30H38ClN7O5S. The van der Waals surface area contributed by atoms with Gasteiger partial charge in [0.2, 0.25) is 11.8 Å². The van der Waals surface area contributed by atoms with Crippen molar-refractivity contribution in [3.63, 3.8) is 0 Å². The average Bonchev–Trinajstić information content (AvgIpc) is 3.34. The summed E-state index contributed by atoms with van der Waals surface area (Å²) in [4.78, 5) is 20.1. The molecule has 0 radical (unpaired) electrons. The summed E-state index contributed by atoms with van der Waals surface area (Å²) in [6.07, 6.45) is 2.62. The van der Waals surface area contributed by atoms with E-state index in [0.717, 1.165) is 34.9 Å². The van der Waals surface area contributed by atoms with E-state index < -0.39 is 16.0 Å². The highest BCUT2D eigenvalue weighted by molar-refractivity contribution is 7.92. The first-order chi connectivity index (χ1) is 20.2. The molecule has 0 fully saturated rings. The number of nitrogens with zero attached hydrogens (tertiary/aromatic N) is 5. The monoisotopic (exact) mass is 643 g/mol. The van der Waals surface area contributed by atoms with E-state index in [9.17, 15) is 18.3 Å². The summed E-state index contributed by atoms with van der Waals surface area (Å²) >= 11 is 0. The zero-order chi connectivity index (χ0) is 31.4. The molecule has 2 aromatic carbocycles. The number of carbonyl (C=O) groups is 1. The third-order valence-electron chi connectivity index (χ3n) is 6.57. The van der Waals surface area contributed by atoms with Gasteiger partial charge >= 0.3 is 5.97 Å². The van der Waals surface area contributed by atoms with Gasteiger partial charge in [0, 0.05) is 37.5 Å². The molecule has 236 valence electrons. The van der Waals surface area contributed by atoms with Gasteiger partial charge < -0.3 is 15.2 Å². The molecule has 2 heterocycles. The van der Waals surface area contributed by atoms with Crippen LogP contribution in [0.5, 0.6) is 5.88 Å². The van der Waals surface area contributed by atoms with Gasteiger partial charge in [0.25, 0.3) is 10.0 Å². The number of sulfonamides is 1. The van der Waals surface area contributed by atoms with Crippen molar-refractivity contribution in [2.75, 3.05) is 11.3 Å². The molecule has 4 rings (SSSR count). The molecule has 44 heavy (non-hydrogen) atoms. The average molecular weight is 644 g/mol. The summed E-state index contributed by atoms with van der Waals surface area (Å²) in [5.41, 5.74) is 3.84. The Morgan fingerprint density at radius 2 is 1.75 bits per heavy atom. The van der Waals surface area contributed by atoms with Crippen LogP contribution in [0.15, 0.2) is 59.6 Å². The Bertz CT molecular complexity index is 1700. The number of hydrogen-bond acceptors (Lipinski definition) is 9. The topological polar surface area (TPSA) is 161 Å². The van der Waals surface area contributed by atoms with Crippen LogP contribution in [0.2, 0.25) is 0 Å². The fraction of sp³-hybridized carbons (Fsp3) is 0.367. The highest BCUT2D eigenvalue weighted by atomic mass is 35.5. The van der Waals surface area contributed by atoms with E-state index >= 15 is 0 Å². The van der Waals surface area contributed by atoms with Crippen molar-refractivity contribution in [3.8, 4) is 17.1 Å². The quantitative estimate of drug-likeness (QED) is 0.196. The third-order valence-corrected chi connectivity index (χ3v) is 7.90. The lowest BCUT2D eigenvalue weighted by molar-refractivity contribution is 0.0696. The molecule has 4 aromatic rings. The Balaban J connectivity index is 0.00000529. The molecule has 0 aliphatic heterocycles. The minimum Gasteiger partial charge on any atom is -0.478 e. The summed E-state index contributed by atoms with van der Waals surface area (Å²) in [6.45, 7) is 11.0. The van der Waals surface area contributed by atoms with Crippen LogP contribution in [0.1, 0.15) is 54.4 Å². The number of ether oxygens (including phenoxy) is 1. The van der Waals surface area contributed by atoms with Crippen LogP contribution in [-0.2, 0) is 23.6 Å². The molecule has 14 heteroatoms. The Hall–Kier alpha value is -4.07. The number of anilines is 1. The van der Waals surface area contributed by atoms with E-state index in [1.165, 1.54) is 18.2 Å². The minimum absolute atomic E-state index is 0. The Kier molecular flexibility index (Phi) is 11.1. The first-order valence-corrected chi connectivity index (χ1v) is 15.2. The van der Waals surface area contributed by atoms with E-state index in [1.807, 2.05) is 45.3 Å². The highest BCUT2D eigenvalue weighted by Crippen LogP contribution is 2.30. The van der Waals surface area contributed by atoms with Crippen molar-refractivity contribution < 1.29 is 23.1 Å². The van der Waals surface area contributed by atoms with Crippen LogP contribution < -0.4 is 14.8 Å². The lowest BCUT2D eigenvalue weighted by atomic mass is 9.88. The predicted octanol–water partition coefficient (Wildman–Crippen LogP) is 4.78. The SMILES string of the molecule is Cc1cccc(C)c1-c1cc(OC[C@@H](CC(C)(C)C)NCc2cn(C)nn2)nc(NS(=O)(=O)c2cccc(C(=O)O)c2)n1.Cl. The first-order valence-electron chi connectivity index (χ1n) is 13.7. The fourth-order valence-corrected chi connectivity index (χ4v) is 5.70. The number of benzene rings is 2. The van der Waals surface area contributed by atoms with Gasteiger partial charge in [-0.1, -0.05) is 50.3 Å². The van der Waals surface area contributed by atoms with Crippen LogP contribution in [0.4, 0.5) is 5.95 Å². The molecule has 0 aliphatic carbocycles. The van der Waals surface area contributed by atoms with Crippen LogP contribution >= 0.6 is 12.4 Å². The maximum absolute atomic E-state index is 13.3. The number of halogens is 1. The van der Waals surface area contributed by atoms with Crippen LogP contribution in [0.25, 0.3) is 11.3 Å². The van der Waals surface area contributed by atoms with E-state index in [2.05, 4.69) is 51.1 Å². The Labute approximate surface area is 263 Å². The smallest absolute Gasteiger partial charge is 0.335 e. The van der Waals surface area contributed by atoms with Gasteiger partial charge in [-0.25, -0.2) is 22.9 Å². The Morgan fingerprint density at radius 1 is 1.07 bits per heavy atom. The summed E-state index contributed by atoms with van der Waals surface area (Å²) in [5.74, 6) is -1.25. The normalized spacial score (nSPS) is 12.3. The molecule has 0 bridgehead atoms. The van der Waals surface area contributed by atoms with Crippen LogP contribution in [-0.4, -0.2) is 57.1 Å². The van der Waals surface area contributed by atoms with Gasteiger partial charge in [-0.2, -0.15) is 4.98 Å². The molecule has 0 aliphatic rings. The number of carboxylic acid groups (broad SMARTS) is 1. The largest absolute Gasteiger partial charge is 0.478 e. The summed E-state index contributed by atoms with van der Waals surface area (Å²) in [6, 6.07) is 12.5. The summed E-state index contributed by atoms with van der Waals surface area (Å²) in [7, 11) is -2.41. The maximum atomic E-state index is 13.3. The number of nitrogens with one attached hydrogen (secondary N) is 2.